The standard InChI is InChI=1S/C18H18FN3O2/c19-13-5-1-4-12(10-13)11-14-6-2-7-16(21-14)18(24)22-15-8-3-9-20-17(15)23/h1-2,4-7,10,15H,3,8-9,11H2,(H,20,23)(H,22,24)/t15-/m0/s1. The van der Waals surface area contributed by atoms with Gasteiger partial charge in [0.25, 0.3) is 5.91 Å². The van der Waals surface area contributed by atoms with E-state index in [1.807, 2.05) is 6.07 Å². The predicted molar refractivity (Wildman–Crippen MR) is 86.9 cm³/mol. The van der Waals surface area contributed by atoms with Gasteiger partial charge in [-0.15, -0.1) is 0 Å². The molecule has 5 nitrogen and oxygen atoms in total. The molecule has 1 aromatic carbocycles. The SMILES string of the molecule is O=C(N[C@H]1CCCNC1=O)c1cccc(Cc2cccc(F)c2)n1. The van der Waals surface area contributed by atoms with E-state index in [4.69, 9.17) is 0 Å². The highest BCUT2D eigenvalue weighted by Gasteiger charge is 2.24. The summed E-state index contributed by atoms with van der Waals surface area (Å²) < 4.78 is 13.3. The van der Waals surface area contributed by atoms with Gasteiger partial charge in [-0.2, -0.15) is 0 Å². The summed E-state index contributed by atoms with van der Waals surface area (Å²) in [6, 6.07) is 10.9. The van der Waals surface area contributed by atoms with Crippen LogP contribution in [0.5, 0.6) is 0 Å². The molecule has 2 amide bonds. The Bertz CT molecular complexity index is 763. The quantitative estimate of drug-likeness (QED) is 0.900. The molecule has 124 valence electrons. The first-order chi connectivity index (χ1) is 11.6. The van der Waals surface area contributed by atoms with Crippen LogP contribution in [0.3, 0.4) is 0 Å². The number of piperidine rings is 1. The normalized spacial score (nSPS) is 17.2. The van der Waals surface area contributed by atoms with Crippen molar-refractivity contribution in [2.75, 3.05) is 6.54 Å². The second-order valence-corrected chi connectivity index (χ2v) is 5.78. The zero-order valence-corrected chi connectivity index (χ0v) is 13.1. The molecule has 1 aliphatic rings. The summed E-state index contributed by atoms with van der Waals surface area (Å²) in [7, 11) is 0. The molecule has 2 aromatic rings. The van der Waals surface area contributed by atoms with Gasteiger partial charge in [0, 0.05) is 18.7 Å². The minimum Gasteiger partial charge on any atom is -0.354 e. The molecule has 6 heteroatoms. The minimum atomic E-state index is -0.514. The molecule has 3 rings (SSSR count). The number of halogens is 1. The van der Waals surface area contributed by atoms with Crippen molar-refractivity contribution in [2.24, 2.45) is 0 Å². The minimum absolute atomic E-state index is 0.162. The van der Waals surface area contributed by atoms with E-state index in [9.17, 15) is 14.0 Å². The monoisotopic (exact) mass is 327 g/mol. The van der Waals surface area contributed by atoms with E-state index >= 15 is 0 Å². The van der Waals surface area contributed by atoms with E-state index in [-0.39, 0.29) is 23.3 Å². The maximum absolute atomic E-state index is 13.3. The summed E-state index contributed by atoms with van der Waals surface area (Å²) in [5, 5.41) is 5.44. The number of rotatable bonds is 4. The van der Waals surface area contributed by atoms with Crippen molar-refractivity contribution in [3.63, 3.8) is 0 Å². The fourth-order valence-electron chi connectivity index (χ4n) is 2.70. The number of hydrogen-bond acceptors (Lipinski definition) is 3. The number of nitrogens with zero attached hydrogens (tertiary/aromatic N) is 1. The number of carbonyl (C=O) groups excluding carboxylic acids is 2. The third-order valence-electron chi connectivity index (χ3n) is 3.90. The first kappa shape index (κ1) is 16.1. The third-order valence-corrected chi connectivity index (χ3v) is 3.90. The third kappa shape index (κ3) is 3.95. The van der Waals surface area contributed by atoms with E-state index in [1.165, 1.54) is 12.1 Å². The number of benzene rings is 1. The molecule has 0 bridgehead atoms. The molecule has 0 unspecified atom stereocenters. The van der Waals surface area contributed by atoms with Crippen LogP contribution in [0, 0.1) is 5.82 Å². The van der Waals surface area contributed by atoms with Gasteiger partial charge in [0.05, 0.1) is 0 Å². The smallest absolute Gasteiger partial charge is 0.270 e. The van der Waals surface area contributed by atoms with Crippen molar-refractivity contribution >= 4 is 11.8 Å². The van der Waals surface area contributed by atoms with Gasteiger partial charge in [-0.1, -0.05) is 18.2 Å². The highest BCUT2D eigenvalue weighted by atomic mass is 19.1. The molecule has 1 fully saturated rings. The Morgan fingerprint density at radius 1 is 1.29 bits per heavy atom. The van der Waals surface area contributed by atoms with Crippen molar-refractivity contribution in [3.05, 3.63) is 65.2 Å². The average Bonchev–Trinajstić information content (AvgIpc) is 2.57. The fraction of sp³-hybridized carbons (Fsp3) is 0.278. The van der Waals surface area contributed by atoms with Crippen LogP contribution in [0.1, 0.15) is 34.6 Å². The molecule has 1 aromatic heterocycles. The molecule has 0 spiro atoms. The Kier molecular flexibility index (Phi) is 4.84. The van der Waals surface area contributed by atoms with Crippen LogP contribution in [0.2, 0.25) is 0 Å². The Balaban J connectivity index is 1.70. The van der Waals surface area contributed by atoms with Gasteiger partial charge in [-0.05, 0) is 42.7 Å². The van der Waals surface area contributed by atoms with Crippen molar-refractivity contribution in [1.82, 2.24) is 15.6 Å². The molecule has 2 heterocycles. The Morgan fingerprint density at radius 3 is 2.92 bits per heavy atom. The van der Waals surface area contributed by atoms with Gasteiger partial charge >= 0.3 is 0 Å². The average molecular weight is 327 g/mol. The first-order valence-corrected chi connectivity index (χ1v) is 7.91. The zero-order valence-electron chi connectivity index (χ0n) is 13.1. The number of carbonyl (C=O) groups is 2. The lowest BCUT2D eigenvalue weighted by Crippen LogP contribution is -2.50. The summed E-state index contributed by atoms with van der Waals surface area (Å²) in [5.74, 6) is -0.839. The number of amides is 2. The van der Waals surface area contributed by atoms with Crippen LogP contribution < -0.4 is 10.6 Å². The van der Waals surface area contributed by atoms with Gasteiger partial charge in [-0.3, -0.25) is 9.59 Å². The van der Waals surface area contributed by atoms with E-state index in [2.05, 4.69) is 15.6 Å². The van der Waals surface area contributed by atoms with E-state index < -0.39 is 6.04 Å². The maximum Gasteiger partial charge on any atom is 0.270 e. The Morgan fingerprint density at radius 2 is 2.12 bits per heavy atom. The maximum atomic E-state index is 13.3. The predicted octanol–water partition coefficient (Wildman–Crippen LogP) is 1.82. The highest BCUT2D eigenvalue weighted by molar-refractivity contribution is 5.96. The number of hydrogen-bond donors (Lipinski definition) is 2. The van der Waals surface area contributed by atoms with Crippen LogP contribution in [-0.4, -0.2) is 29.4 Å². The largest absolute Gasteiger partial charge is 0.354 e. The number of pyridine rings is 1. The van der Waals surface area contributed by atoms with Crippen LogP contribution in [-0.2, 0) is 11.2 Å². The van der Waals surface area contributed by atoms with Gasteiger partial charge < -0.3 is 10.6 Å². The zero-order chi connectivity index (χ0) is 16.9. The molecule has 1 saturated heterocycles. The summed E-state index contributed by atoms with van der Waals surface area (Å²) in [6.07, 6.45) is 1.90. The van der Waals surface area contributed by atoms with Crippen LogP contribution in [0.15, 0.2) is 42.5 Å². The van der Waals surface area contributed by atoms with Crippen molar-refractivity contribution in [1.29, 1.82) is 0 Å². The summed E-state index contributed by atoms with van der Waals surface area (Å²) in [6.45, 7) is 0.645. The van der Waals surface area contributed by atoms with E-state index in [1.54, 1.807) is 24.3 Å². The number of nitrogens with one attached hydrogen (secondary N) is 2. The molecule has 2 N–H and O–H groups in total. The molecule has 1 aliphatic heterocycles. The molecular formula is C18H18FN3O2. The van der Waals surface area contributed by atoms with Gasteiger partial charge in [0.15, 0.2) is 0 Å². The molecule has 0 radical (unpaired) electrons. The highest BCUT2D eigenvalue weighted by Crippen LogP contribution is 2.11. The summed E-state index contributed by atoms with van der Waals surface area (Å²) in [5.41, 5.74) is 1.70. The topological polar surface area (TPSA) is 71.1 Å². The van der Waals surface area contributed by atoms with E-state index in [0.29, 0.717) is 25.1 Å². The lowest BCUT2D eigenvalue weighted by atomic mass is 10.1. The molecule has 0 saturated carbocycles. The lowest BCUT2D eigenvalue weighted by Gasteiger charge is -2.22. The molecule has 1 atom stereocenters. The van der Waals surface area contributed by atoms with Gasteiger partial charge in [-0.25, -0.2) is 9.37 Å². The number of aromatic nitrogens is 1. The van der Waals surface area contributed by atoms with E-state index in [0.717, 1.165) is 12.0 Å². The summed E-state index contributed by atoms with van der Waals surface area (Å²) in [4.78, 5) is 28.3. The Labute approximate surface area is 139 Å². The first-order valence-electron chi connectivity index (χ1n) is 7.91. The van der Waals surface area contributed by atoms with Crippen molar-refractivity contribution in [3.8, 4) is 0 Å². The second kappa shape index (κ2) is 7.21. The Hall–Kier alpha value is -2.76. The van der Waals surface area contributed by atoms with Crippen molar-refractivity contribution in [2.45, 2.75) is 25.3 Å². The molecular weight excluding hydrogens is 309 g/mol. The van der Waals surface area contributed by atoms with Crippen LogP contribution in [0.25, 0.3) is 0 Å². The molecule has 0 aliphatic carbocycles. The lowest BCUT2D eigenvalue weighted by molar-refractivity contribution is -0.124. The van der Waals surface area contributed by atoms with Crippen LogP contribution in [0.4, 0.5) is 4.39 Å². The van der Waals surface area contributed by atoms with Gasteiger partial charge in [0.2, 0.25) is 5.91 Å². The molecule has 24 heavy (non-hydrogen) atoms. The second-order valence-electron chi connectivity index (χ2n) is 5.78. The fourth-order valence-corrected chi connectivity index (χ4v) is 2.70. The van der Waals surface area contributed by atoms with Gasteiger partial charge in [0.1, 0.15) is 17.6 Å². The van der Waals surface area contributed by atoms with Crippen molar-refractivity contribution < 1.29 is 14.0 Å². The summed E-state index contributed by atoms with van der Waals surface area (Å²) >= 11 is 0. The van der Waals surface area contributed by atoms with Crippen LogP contribution >= 0.6 is 0 Å².